The fourth-order valence-corrected chi connectivity index (χ4v) is 2.25. The summed E-state index contributed by atoms with van der Waals surface area (Å²) in [5, 5.41) is 8.72. The Labute approximate surface area is 142 Å². The molecular formula is C19H23N3O2. The number of hydrogen-bond acceptors (Lipinski definition) is 3. The van der Waals surface area contributed by atoms with Gasteiger partial charge in [-0.2, -0.15) is 0 Å². The van der Waals surface area contributed by atoms with E-state index in [1.54, 1.807) is 0 Å². The fraction of sp³-hybridized carbons (Fsp3) is 0.263. The molecule has 0 heterocycles. The average molecular weight is 325 g/mol. The van der Waals surface area contributed by atoms with E-state index in [9.17, 15) is 9.59 Å². The number of carbonyl (C=O) groups is 2. The van der Waals surface area contributed by atoms with E-state index in [1.165, 1.54) is 12.5 Å². The molecule has 2 aromatic carbocycles. The number of benzene rings is 2. The number of hydrogen-bond donors (Lipinski definition) is 3. The molecule has 0 radical (unpaired) electrons. The maximum Gasteiger partial charge on any atom is 0.234 e. The van der Waals surface area contributed by atoms with Crippen LogP contribution in [0.15, 0.2) is 54.6 Å². The molecule has 0 saturated heterocycles. The topological polar surface area (TPSA) is 70.2 Å². The predicted octanol–water partition coefficient (Wildman–Crippen LogP) is 2.09. The lowest BCUT2D eigenvalue weighted by atomic mass is 10.1. The lowest BCUT2D eigenvalue weighted by Crippen LogP contribution is -2.34. The highest BCUT2D eigenvalue weighted by molar-refractivity contribution is 5.88. The van der Waals surface area contributed by atoms with Crippen LogP contribution < -0.4 is 16.0 Å². The van der Waals surface area contributed by atoms with Gasteiger partial charge >= 0.3 is 0 Å². The Morgan fingerprint density at radius 1 is 0.917 bits per heavy atom. The van der Waals surface area contributed by atoms with E-state index >= 15 is 0 Å². The second-order valence-electron chi connectivity index (χ2n) is 5.57. The summed E-state index contributed by atoms with van der Waals surface area (Å²) in [5.74, 6) is -0.133. The van der Waals surface area contributed by atoms with Crippen molar-refractivity contribution in [2.24, 2.45) is 0 Å². The fourth-order valence-electron chi connectivity index (χ4n) is 2.25. The van der Waals surface area contributed by atoms with Crippen molar-refractivity contribution in [1.82, 2.24) is 10.6 Å². The van der Waals surface area contributed by atoms with Crippen molar-refractivity contribution >= 4 is 17.5 Å². The van der Waals surface area contributed by atoms with Crippen LogP contribution in [0.5, 0.6) is 0 Å². The minimum Gasteiger partial charge on any atom is -0.351 e. The molecule has 5 heteroatoms. The summed E-state index contributed by atoms with van der Waals surface area (Å²) in [7, 11) is 0. The Hall–Kier alpha value is -2.66. The minimum atomic E-state index is -0.0994. The average Bonchev–Trinajstić information content (AvgIpc) is 2.58. The summed E-state index contributed by atoms with van der Waals surface area (Å²) in [5.41, 5.74) is 2.99. The van der Waals surface area contributed by atoms with Gasteiger partial charge in [0.1, 0.15) is 0 Å². The van der Waals surface area contributed by atoms with Crippen LogP contribution in [-0.4, -0.2) is 24.9 Å². The molecule has 0 bridgehead atoms. The van der Waals surface area contributed by atoms with Crippen molar-refractivity contribution in [1.29, 1.82) is 0 Å². The Morgan fingerprint density at radius 2 is 1.62 bits per heavy atom. The lowest BCUT2D eigenvalue weighted by Gasteiger charge is -2.08. The zero-order valence-corrected chi connectivity index (χ0v) is 13.8. The highest BCUT2D eigenvalue weighted by Crippen LogP contribution is 2.09. The van der Waals surface area contributed by atoms with Crippen LogP contribution >= 0.6 is 0 Å². The van der Waals surface area contributed by atoms with Gasteiger partial charge in [0.2, 0.25) is 11.8 Å². The third kappa shape index (κ3) is 6.62. The maximum atomic E-state index is 11.8. The molecule has 0 atom stereocenters. The SMILES string of the molecule is CC(=O)Nc1ccc(CNC(=O)CNCCc2ccccc2)cc1. The van der Waals surface area contributed by atoms with Crippen molar-refractivity contribution in [2.75, 3.05) is 18.4 Å². The molecular weight excluding hydrogens is 302 g/mol. The highest BCUT2D eigenvalue weighted by atomic mass is 16.2. The zero-order chi connectivity index (χ0) is 17.2. The number of rotatable bonds is 8. The van der Waals surface area contributed by atoms with Gasteiger partial charge in [0.25, 0.3) is 0 Å². The number of carbonyl (C=O) groups excluding carboxylic acids is 2. The predicted molar refractivity (Wildman–Crippen MR) is 95.6 cm³/mol. The second-order valence-corrected chi connectivity index (χ2v) is 5.57. The molecule has 24 heavy (non-hydrogen) atoms. The quantitative estimate of drug-likeness (QED) is 0.651. The van der Waals surface area contributed by atoms with Gasteiger partial charge in [0.05, 0.1) is 6.54 Å². The molecule has 0 aliphatic rings. The molecule has 0 spiro atoms. The summed E-state index contributed by atoms with van der Waals surface area (Å²) in [4.78, 5) is 22.8. The van der Waals surface area contributed by atoms with Crippen LogP contribution in [0.25, 0.3) is 0 Å². The molecule has 0 aromatic heterocycles. The first kappa shape index (κ1) is 17.7. The Kier molecular flexibility index (Phi) is 6.98. The molecule has 0 aliphatic carbocycles. The normalized spacial score (nSPS) is 10.2. The van der Waals surface area contributed by atoms with Crippen molar-refractivity contribution in [3.8, 4) is 0 Å². The number of anilines is 1. The zero-order valence-electron chi connectivity index (χ0n) is 13.8. The maximum absolute atomic E-state index is 11.8. The van der Waals surface area contributed by atoms with E-state index in [1.807, 2.05) is 42.5 Å². The van der Waals surface area contributed by atoms with E-state index in [0.717, 1.165) is 24.2 Å². The summed E-state index contributed by atoms with van der Waals surface area (Å²) in [6.45, 7) is 3.01. The van der Waals surface area contributed by atoms with Gasteiger partial charge in [0.15, 0.2) is 0 Å². The minimum absolute atomic E-state index is 0.0333. The first-order valence-corrected chi connectivity index (χ1v) is 8.01. The van der Waals surface area contributed by atoms with Crippen LogP contribution in [0.4, 0.5) is 5.69 Å². The van der Waals surface area contributed by atoms with Gasteiger partial charge in [-0.25, -0.2) is 0 Å². The summed E-state index contributed by atoms with van der Waals surface area (Å²) < 4.78 is 0. The molecule has 3 N–H and O–H groups in total. The summed E-state index contributed by atoms with van der Waals surface area (Å²) in [6, 6.07) is 17.6. The van der Waals surface area contributed by atoms with E-state index in [-0.39, 0.29) is 11.8 Å². The smallest absolute Gasteiger partial charge is 0.234 e. The largest absolute Gasteiger partial charge is 0.351 e. The van der Waals surface area contributed by atoms with Crippen molar-refractivity contribution in [2.45, 2.75) is 19.9 Å². The Morgan fingerprint density at radius 3 is 2.29 bits per heavy atom. The van der Waals surface area contributed by atoms with Crippen molar-refractivity contribution in [3.05, 3.63) is 65.7 Å². The summed E-state index contributed by atoms with van der Waals surface area (Å²) in [6.07, 6.45) is 0.902. The van der Waals surface area contributed by atoms with Gasteiger partial charge in [-0.05, 0) is 36.2 Å². The van der Waals surface area contributed by atoms with Crippen LogP contribution in [0, 0.1) is 0 Å². The number of amides is 2. The molecule has 2 aromatic rings. The summed E-state index contributed by atoms with van der Waals surface area (Å²) >= 11 is 0. The third-order valence-corrected chi connectivity index (χ3v) is 3.48. The molecule has 2 amide bonds. The first-order chi connectivity index (χ1) is 11.6. The Balaban J connectivity index is 1.63. The van der Waals surface area contributed by atoms with Gasteiger partial charge in [-0.15, -0.1) is 0 Å². The molecule has 2 rings (SSSR count). The molecule has 0 fully saturated rings. The highest BCUT2D eigenvalue weighted by Gasteiger charge is 2.02. The molecule has 0 saturated carbocycles. The first-order valence-electron chi connectivity index (χ1n) is 8.01. The van der Waals surface area contributed by atoms with Crippen LogP contribution in [0.1, 0.15) is 18.1 Å². The van der Waals surface area contributed by atoms with Crippen molar-refractivity contribution in [3.63, 3.8) is 0 Å². The van der Waals surface area contributed by atoms with Gasteiger partial charge in [-0.3, -0.25) is 9.59 Å². The van der Waals surface area contributed by atoms with Gasteiger partial charge in [-0.1, -0.05) is 42.5 Å². The van der Waals surface area contributed by atoms with E-state index in [4.69, 9.17) is 0 Å². The van der Waals surface area contributed by atoms with Gasteiger partial charge < -0.3 is 16.0 Å². The number of nitrogens with one attached hydrogen (secondary N) is 3. The monoisotopic (exact) mass is 325 g/mol. The molecule has 5 nitrogen and oxygen atoms in total. The van der Waals surface area contributed by atoms with E-state index in [0.29, 0.717) is 13.1 Å². The van der Waals surface area contributed by atoms with E-state index in [2.05, 4.69) is 28.1 Å². The molecule has 126 valence electrons. The van der Waals surface area contributed by atoms with E-state index < -0.39 is 0 Å². The van der Waals surface area contributed by atoms with Crippen LogP contribution in [-0.2, 0) is 22.6 Å². The van der Waals surface area contributed by atoms with Crippen LogP contribution in [0.2, 0.25) is 0 Å². The lowest BCUT2D eigenvalue weighted by molar-refractivity contribution is -0.120. The van der Waals surface area contributed by atoms with Gasteiger partial charge in [0, 0.05) is 19.2 Å². The Bertz CT molecular complexity index is 654. The third-order valence-electron chi connectivity index (χ3n) is 3.48. The molecule has 0 unspecified atom stereocenters. The standard InChI is InChI=1S/C19H23N3O2/c1-15(23)22-18-9-7-17(8-10-18)13-21-19(24)14-20-12-11-16-5-3-2-4-6-16/h2-10,20H,11-14H2,1H3,(H,21,24)(H,22,23). The van der Waals surface area contributed by atoms with Crippen molar-refractivity contribution < 1.29 is 9.59 Å². The second kappa shape index (κ2) is 9.47. The van der Waals surface area contributed by atoms with Crippen LogP contribution in [0.3, 0.4) is 0 Å². The molecule has 0 aliphatic heterocycles.